The minimum Gasteiger partial charge on any atom is -0.452 e. The van der Waals surface area contributed by atoms with Crippen LogP contribution in [-0.2, 0) is 14.7 Å². The van der Waals surface area contributed by atoms with Crippen molar-refractivity contribution in [3.63, 3.8) is 0 Å². The van der Waals surface area contributed by atoms with E-state index in [1.54, 1.807) is 38.4 Å². The zero-order valence-corrected chi connectivity index (χ0v) is 14.5. The molecule has 1 rings (SSSR count). The number of nitrogens with zero attached hydrogens (tertiary/aromatic N) is 3. The molecule has 0 saturated carbocycles. The van der Waals surface area contributed by atoms with Crippen LogP contribution < -0.4 is 10.7 Å². The van der Waals surface area contributed by atoms with E-state index < -0.39 is 22.0 Å². The fraction of sp³-hybridized carbons (Fsp3) is 0.385. The third-order valence-electron chi connectivity index (χ3n) is 2.88. The Morgan fingerprint density at radius 3 is 2.17 bits per heavy atom. The Morgan fingerprint density at radius 2 is 1.74 bits per heavy atom. The zero-order chi connectivity index (χ0) is 17.6. The van der Waals surface area contributed by atoms with Crippen molar-refractivity contribution in [3.05, 3.63) is 24.3 Å². The lowest BCUT2D eigenvalue weighted by atomic mass is 10.3. The first kappa shape index (κ1) is 18.7. The first-order valence-electron chi connectivity index (χ1n) is 6.56. The van der Waals surface area contributed by atoms with Gasteiger partial charge in [0.2, 0.25) is 0 Å². The molecule has 0 spiro atoms. The van der Waals surface area contributed by atoms with Crippen LogP contribution >= 0.6 is 0 Å². The van der Waals surface area contributed by atoms with Gasteiger partial charge in [-0.1, -0.05) is 0 Å². The van der Waals surface area contributed by atoms with Crippen LogP contribution in [0.5, 0.6) is 0 Å². The van der Waals surface area contributed by atoms with Crippen LogP contribution in [0.3, 0.4) is 0 Å². The molecule has 0 saturated heterocycles. The van der Waals surface area contributed by atoms with Crippen molar-refractivity contribution >= 4 is 27.7 Å². The van der Waals surface area contributed by atoms with Gasteiger partial charge in [0.1, 0.15) is 9.92 Å². The molecule has 0 heterocycles. The summed E-state index contributed by atoms with van der Waals surface area (Å²) in [7, 11) is 4.76. The molecule has 2 N–H and O–H groups in total. The highest BCUT2D eigenvalue weighted by Crippen LogP contribution is 2.18. The Kier molecular flexibility index (Phi) is 6.34. The molecule has 0 bridgehead atoms. The van der Waals surface area contributed by atoms with Crippen LogP contribution in [0.1, 0.15) is 0 Å². The summed E-state index contributed by atoms with van der Waals surface area (Å²) < 4.78 is 22.6. The smallest absolute Gasteiger partial charge is 0.428 e. The van der Waals surface area contributed by atoms with E-state index in [0.29, 0.717) is 10.6 Å². The lowest BCUT2D eigenvalue weighted by Crippen LogP contribution is -2.45. The standard InChI is InChI=1S/C13H21N5O4S/c1-14-23(21,17(2)3)11-8-6-10(7-9-11)15-12(19)16-18(4)13(20)22-5/h6-9H,1-5H3,(H2,15,16,19). The van der Waals surface area contributed by atoms with Gasteiger partial charge in [-0.2, -0.15) is 0 Å². The number of urea groups is 1. The summed E-state index contributed by atoms with van der Waals surface area (Å²) in [6, 6.07) is 5.83. The van der Waals surface area contributed by atoms with E-state index in [0.717, 1.165) is 5.01 Å². The maximum atomic E-state index is 12.6. The third kappa shape index (κ3) is 4.57. The molecule has 0 fully saturated rings. The molecule has 0 radical (unpaired) electrons. The fourth-order valence-electron chi connectivity index (χ4n) is 1.69. The van der Waals surface area contributed by atoms with Gasteiger partial charge in [-0.15, -0.1) is 0 Å². The lowest BCUT2D eigenvalue weighted by Gasteiger charge is -2.18. The van der Waals surface area contributed by atoms with Crippen LogP contribution in [0.25, 0.3) is 0 Å². The summed E-state index contributed by atoms with van der Waals surface area (Å²) in [5.41, 5.74) is 2.75. The summed E-state index contributed by atoms with van der Waals surface area (Å²) in [6.45, 7) is 0. The SMILES string of the molecule is CN=S(=O)(c1ccc(NC(=O)NN(C)C(=O)OC)cc1)N(C)C. The number of hydrazine groups is 1. The summed E-state index contributed by atoms with van der Waals surface area (Å²) in [6.07, 6.45) is -0.703. The highest BCUT2D eigenvalue weighted by atomic mass is 32.2. The molecule has 23 heavy (non-hydrogen) atoms. The van der Waals surface area contributed by atoms with Gasteiger partial charge in [0, 0.05) is 33.9 Å². The number of carbonyl (C=O) groups is 2. The van der Waals surface area contributed by atoms with Crippen LogP contribution in [0.2, 0.25) is 0 Å². The highest BCUT2D eigenvalue weighted by molar-refractivity contribution is 7.91. The van der Waals surface area contributed by atoms with Gasteiger partial charge in [-0.05, 0) is 24.3 Å². The number of nitrogens with one attached hydrogen (secondary N) is 2. The molecule has 9 nitrogen and oxygen atoms in total. The first-order valence-corrected chi connectivity index (χ1v) is 8.04. The second-order valence-electron chi connectivity index (χ2n) is 4.61. The molecule has 1 unspecified atom stereocenters. The Hall–Kier alpha value is -2.33. The molecule has 0 aliphatic heterocycles. The van der Waals surface area contributed by atoms with Gasteiger partial charge in [0.05, 0.1) is 12.0 Å². The number of carbonyl (C=O) groups excluding carboxylic acids is 2. The Balaban J connectivity index is 2.81. The number of hydrogen-bond acceptors (Lipinski definition) is 5. The van der Waals surface area contributed by atoms with Crippen molar-refractivity contribution in [2.45, 2.75) is 4.90 Å². The molecule has 0 aromatic heterocycles. The van der Waals surface area contributed by atoms with Gasteiger partial charge in [-0.25, -0.2) is 32.9 Å². The minimum atomic E-state index is -2.64. The normalized spacial score (nSPS) is 13.0. The number of ether oxygens (including phenoxy) is 1. The lowest BCUT2D eigenvalue weighted by molar-refractivity contribution is 0.119. The van der Waals surface area contributed by atoms with Gasteiger partial charge >= 0.3 is 12.1 Å². The number of anilines is 1. The van der Waals surface area contributed by atoms with Crippen molar-refractivity contribution in [2.24, 2.45) is 4.36 Å². The van der Waals surface area contributed by atoms with E-state index in [4.69, 9.17) is 0 Å². The van der Waals surface area contributed by atoms with Crippen molar-refractivity contribution in [2.75, 3.05) is 40.6 Å². The topological polar surface area (TPSA) is 103 Å². The van der Waals surface area contributed by atoms with Crippen LogP contribution in [0.15, 0.2) is 33.5 Å². The highest BCUT2D eigenvalue weighted by Gasteiger charge is 2.15. The van der Waals surface area contributed by atoms with Crippen molar-refractivity contribution in [3.8, 4) is 0 Å². The zero-order valence-electron chi connectivity index (χ0n) is 13.7. The molecule has 10 heteroatoms. The molecule has 0 aliphatic carbocycles. The summed E-state index contributed by atoms with van der Waals surface area (Å²) >= 11 is 0. The van der Waals surface area contributed by atoms with E-state index in [9.17, 15) is 13.8 Å². The molecular formula is C13H21N5O4S. The third-order valence-corrected chi connectivity index (χ3v) is 5.25. The van der Waals surface area contributed by atoms with Crippen LogP contribution in [-0.4, -0.2) is 60.9 Å². The van der Waals surface area contributed by atoms with E-state index in [1.807, 2.05) is 0 Å². The average molecular weight is 343 g/mol. The van der Waals surface area contributed by atoms with Crippen molar-refractivity contribution in [1.82, 2.24) is 14.7 Å². The predicted octanol–water partition coefficient (Wildman–Crippen LogP) is 1.35. The summed E-state index contributed by atoms with van der Waals surface area (Å²) in [5.74, 6) is 0. The monoisotopic (exact) mass is 343 g/mol. The largest absolute Gasteiger partial charge is 0.452 e. The predicted molar refractivity (Wildman–Crippen MR) is 87.2 cm³/mol. The number of amides is 3. The number of hydrogen-bond donors (Lipinski definition) is 2. The quantitative estimate of drug-likeness (QED) is 0.809. The van der Waals surface area contributed by atoms with Crippen molar-refractivity contribution in [1.29, 1.82) is 0 Å². The van der Waals surface area contributed by atoms with E-state index in [1.165, 1.54) is 25.5 Å². The maximum absolute atomic E-state index is 12.6. The number of rotatable bonds is 3. The van der Waals surface area contributed by atoms with E-state index in [2.05, 4.69) is 19.8 Å². The van der Waals surface area contributed by atoms with E-state index >= 15 is 0 Å². The Bertz CT molecular complexity index is 680. The Labute approximate surface area is 135 Å². The van der Waals surface area contributed by atoms with Gasteiger partial charge in [-0.3, -0.25) is 0 Å². The van der Waals surface area contributed by atoms with Gasteiger partial charge in [0.25, 0.3) is 0 Å². The molecule has 0 aliphatic rings. The fourth-order valence-corrected chi connectivity index (χ4v) is 3.14. The first-order chi connectivity index (χ1) is 10.7. The average Bonchev–Trinajstić information content (AvgIpc) is 2.53. The summed E-state index contributed by atoms with van der Waals surface area (Å²) in [4.78, 5) is 23.4. The molecule has 1 aromatic rings. The molecule has 1 atom stereocenters. The van der Waals surface area contributed by atoms with E-state index in [-0.39, 0.29) is 0 Å². The number of methoxy groups -OCH3 is 1. The maximum Gasteiger partial charge on any atom is 0.428 e. The van der Waals surface area contributed by atoms with Gasteiger partial charge in [0.15, 0.2) is 0 Å². The Morgan fingerprint density at radius 1 is 1.17 bits per heavy atom. The molecule has 3 amide bonds. The minimum absolute atomic E-state index is 0.473. The second-order valence-corrected chi connectivity index (χ2v) is 7.17. The van der Waals surface area contributed by atoms with Crippen molar-refractivity contribution < 1.29 is 18.5 Å². The second kappa shape index (κ2) is 7.79. The van der Waals surface area contributed by atoms with Crippen LogP contribution in [0, 0.1) is 0 Å². The molecular weight excluding hydrogens is 322 g/mol. The van der Waals surface area contributed by atoms with Crippen LogP contribution in [0.4, 0.5) is 15.3 Å². The molecule has 1 aromatic carbocycles. The van der Waals surface area contributed by atoms with Gasteiger partial charge < -0.3 is 10.1 Å². The summed E-state index contributed by atoms with van der Waals surface area (Å²) in [5, 5.41) is 3.44. The molecule has 128 valence electrons. The number of benzene rings is 1.